The molecule has 0 saturated carbocycles. The Balaban J connectivity index is 2.22. The molecule has 2 aromatic rings. The molecule has 59 heavy (non-hydrogen) atoms. The standard InChI is InChI=1S/C38H54N10O11/c1-22-7-2-3-8-25(22)48-38(59)43-24-13-11-23(12-14-24)21-30(49)44-27(9-4-5-20-42-37(41)58)34(55)46-29(16-18-32(52)53)36(57)47-28(15-17-31(50)51)35(56)45-26(33(40)54)10-6-19-39/h2-3,7-8,11-14,26-29H,4-6,9-10,15-21,39H2,1H3,(H2,40,54)(H,44,49)(H,45,56)(H,46,55)(H,47,57)(H,50,51)(H,52,53)(H3,41,42,58)(H2,43,48,59)/t26-,27-,28-,29-/m0/s1. The van der Waals surface area contributed by atoms with Crippen LogP contribution >= 0.6 is 0 Å². The monoisotopic (exact) mass is 826 g/mol. The van der Waals surface area contributed by atoms with Crippen LogP contribution in [0.15, 0.2) is 48.5 Å². The number of aryl methyl sites for hydroxylation is 1. The van der Waals surface area contributed by atoms with Gasteiger partial charge in [0.15, 0.2) is 0 Å². The summed E-state index contributed by atoms with van der Waals surface area (Å²) >= 11 is 0. The molecule has 0 heterocycles. The Morgan fingerprint density at radius 2 is 1.15 bits per heavy atom. The molecule has 0 fully saturated rings. The lowest BCUT2D eigenvalue weighted by molar-refractivity contribution is -0.140. The second-order valence-electron chi connectivity index (χ2n) is 13.6. The van der Waals surface area contributed by atoms with Gasteiger partial charge in [-0.05, 0) is 87.7 Å². The highest BCUT2D eigenvalue weighted by Crippen LogP contribution is 2.15. The van der Waals surface area contributed by atoms with Gasteiger partial charge in [-0.15, -0.1) is 0 Å². The highest BCUT2D eigenvalue weighted by atomic mass is 16.4. The number of urea groups is 2. The smallest absolute Gasteiger partial charge is 0.323 e. The van der Waals surface area contributed by atoms with Gasteiger partial charge in [-0.2, -0.15) is 0 Å². The number of para-hydroxylation sites is 1. The molecular formula is C38H54N10O11. The van der Waals surface area contributed by atoms with Crippen molar-refractivity contribution in [2.75, 3.05) is 23.7 Å². The Labute approximate surface area is 340 Å². The van der Waals surface area contributed by atoms with E-state index in [4.69, 9.17) is 17.2 Å². The Morgan fingerprint density at radius 1 is 0.627 bits per heavy atom. The van der Waals surface area contributed by atoms with E-state index in [0.717, 1.165) is 5.56 Å². The molecule has 0 bridgehead atoms. The molecule has 2 aromatic carbocycles. The molecule has 4 atom stereocenters. The number of hydrogen-bond acceptors (Lipinski definition) is 10. The van der Waals surface area contributed by atoms with Gasteiger partial charge in [0, 0.05) is 30.8 Å². The van der Waals surface area contributed by atoms with E-state index in [0.29, 0.717) is 29.8 Å². The van der Waals surface area contributed by atoms with E-state index in [1.807, 2.05) is 19.1 Å². The van der Waals surface area contributed by atoms with Gasteiger partial charge in [-0.25, -0.2) is 9.59 Å². The van der Waals surface area contributed by atoms with Crippen LogP contribution in [-0.2, 0) is 40.0 Å². The molecule has 21 heteroatoms. The maximum absolute atomic E-state index is 13.7. The number of primary amides is 2. The molecule has 2 rings (SSSR count). The van der Waals surface area contributed by atoms with E-state index in [2.05, 4.69) is 37.2 Å². The van der Waals surface area contributed by atoms with Crippen molar-refractivity contribution in [1.29, 1.82) is 0 Å². The van der Waals surface area contributed by atoms with Gasteiger partial charge in [0.1, 0.15) is 24.2 Å². The third-order valence-electron chi connectivity index (χ3n) is 8.76. The van der Waals surface area contributed by atoms with Crippen LogP contribution < -0.4 is 54.4 Å². The topological polar surface area (TPSA) is 356 Å². The van der Waals surface area contributed by atoms with Crippen molar-refractivity contribution in [1.82, 2.24) is 26.6 Å². The number of nitrogens with two attached hydrogens (primary N) is 3. The summed E-state index contributed by atoms with van der Waals surface area (Å²) in [7, 11) is 0. The van der Waals surface area contributed by atoms with E-state index in [1.54, 1.807) is 36.4 Å². The minimum atomic E-state index is -1.58. The number of benzene rings is 2. The third-order valence-corrected chi connectivity index (χ3v) is 8.76. The number of carbonyl (C=O) groups excluding carboxylic acids is 7. The number of amides is 9. The van der Waals surface area contributed by atoms with Crippen LogP contribution in [0.2, 0.25) is 0 Å². The van der Waals surface area contributed by atoms with E-state index < -0.39 is 103 Å². The second-order valence-corrected chi connectivity index (χ2v) is 13.6. The Morgan fingerprint density at radius 3 is 1.66 bits per heavy atom. The average molecular weight is 827 g/mol. The Bertz CT molecular complexity index is 1790. The SMILES string of the molecule is Cc1ccccc1NC(=O)Nc1ccc(CC(=O)N[C@@H](CCCCNC(N)=O)C(=O)N[C@@H](CCC(=O)O)C(=O)N[C@@H](CCC(=O)O)C(=O)N[C@@H](CCCN)C(N)=O)cc1. The Kier molecular flexibility index (Phi) is 20.9. The van der Waals surface area contributed by atoms with Crippen LogP contribution in [0.5, 0.6) is 0 Å². The first-order valence-corrected chi connectivity index (χ1v) is 18.9. The predicted octanol–water partition coefficient (Wildman–Crippen LogP) is -0.0869. The fourth-order valence-corrected chi connectivity index (χ4v) is 5.59. The summed E-state index contributed by atoms with van der Waals surface area (Å²) in [6.45, 7) is 2.19. The van der Waals surface area contributed by atoms with Gasteiger partial charge < -0.3 is 64.6 Å². The van der Waals surface area contributed by atoms with Crippen LogP contribution in [0.3, 0.4) is 0 Å². The summed E-state index contributed by atoms with van der Waals surface area (Å²) in [5.41, 5.74) is 18.5. The molecular weight excluding hydrogens is 772 g/mol. The highest BCUT2D eigenvalue weighted by Gasteiger charge is 2.31. The molecule has 21 nitrogen and oxygen atoms in total. The quantitative estimate of drug-likeness (QED) is 0.0554. The van der Waals surface area contributed by atoms with Crippen molar-refractivity contribution in [2.45, 2.75) is 95.3 Å². The normalized spacial score (nSPS) is 12.6. The molecule has 0 aliphatic heterocycles. The van der Waals surface area contributed by atoms with Gasteiger partial charge in [0.25, 0.3) is 0 Å². The Hall–Kier alpha value is -6.77. The van der Waals surface area contributed by atoms with Crippen LogP contribution in [0.25, 0.3) is 0 Å². The minimum Gasteiger partial charge on any atom is -0.481 e. The first-order valence-electron chi connectivity index (χ1n) is 18.9. The minimum absolute atomic E-state index is 0.00505. The van der Waals surface area contributed by atoms with Gasteiger partial charge in [0.05, 0.1) is 6.42 Å². The summed E-state index contributed by atoms with van der Waals surface area (Å²) in [6, 6.07) is 6.77. The number of carboxylic acid groups (broad SMARTS) is 2. The van der Waals surface area contributed by atoms with E-state index in [9.17, 15) is 53.4 Å². The van der Waals surface area contributed by atoms with Crippen LogP contribution in [-0.4, -0.2) is 101 Å². The molecule has 0 saturated heterocycles. The number of unbranched alkanes of at least 4 members (excludes halogenated alkanes) is 1. The molecule has 9 amide bonds. The fraction of sp³-hybridized carbons (Fsp3) is 0.447. The van der Waals surface area contributed by atoms with E-state index >= 15 is 0 Å². The molecule has 0 spiro atoms. The summed E-state index contributed by atoms with van der Waals surface area (Å²) < 4.78 is 0. The van der Waals surface area contributed by atoms with E-state index in [1.165, 1.54) is 0 Å². The zero-order chi connectivity index (χ0) is 43.9. The number of anilines is 2. The summed E-state index contributed by atoms with van der Waals surface area (Å²) in [4.78, 5) is 112. The zero-order valence-electron chi connectivity index (χ0n) is 32.7. The number of nitrogens with one attached hydrogen (secondary N) is 7. The molecule has 0 radical (unpaired) electrons. The second kappa shape index (κ2) is 25.5. The molecule has 0 aliphatic carbocycles. The molecule has 0 aromatic heterocycles. The first-order chi connectivity index (χ1) is 28.0. The van der Waals surface area contributed by atoms with Gasteiger partial charge in [-0.3, -0.25) is 33.6 Å². The van der Waals surface area contributed by atoms with E-state index in [-0.39, 0.29) is 38.8 Å². The van der Waals surface area contributed by atoms with Crippen molar-refractivity contribution < 1.29 is 53.4 Å². The third kappa shape index (κ3) is 19.3. The summed E-state index contributed by atoms with van der Waals surface area (Å²) in [5.74, 6) is -7.00. The lowest BCUT2D eigenvalue weighted by Crippen LogP contribution is -2.58. The van der Waals surface area contributed by atoms with Crippen molar-refractivity contribution in [3.63, 3.8) is 0 Å². The van der Waals surface area contributed by atoms with Crippen molar-refractivity contribution in [3.05, 3.63) is 59.7 Å². The molecule has 322 valence electrons. The lowest BCUT2D eigenvalue weighted by atomic mass is 10.0. The summed E-state index contributed by atoms with van der Waals surface area (Å²) in [6.07, 6.45) is -1.31. The van der Waals surface area contributed by atoms with Crippen molar-refractivity contribution in [2.24, 2.45) is 17.2 Å². The van der Waals surface area contributed by atoms with Gasteiger partial charge in [-0.1, -0.05) is 30.3 Å². The number of rotatable bonds is 26. The highest BCUT2D eigenvalue weighted by molar-refractivity contribution is 6.00. The number of carboxylic acids is 2. The van der Waals surface area contributed by atoms with Gasteiger partial charge in [0.2, 0.25) is 29.5 Å². The van der Waals surface area contributed by atoms with Gasteiger partial charge >= 0.3 is 24.0 Å². The van der Waals surface area contributed by atoms with Crippen LogP contribution in [0.4, 0.5) is 21.0 Å². The van der Waals surface area contributed by atoms with Crippen LogP contribution in [0, 0.1) is 6.92 Å². The molecule has 15 N–H and O–H groups in total. The molecule has 0 unspecified atom stereocenters. The largest absolute Gasteiger partial charge is 0.481 e. The summed E-state index contributed by atoms with van der Waals surface area (Å²) in [5, 5.41) is 36.3. The van der Waals surface area contributed by atoms with Crippen LogP contribution in [0.1, 0.15) is 68.9 Å². The number of carbonyl (C=O) groups is 9. The fourth-order valence-electron chi connectivity index (χ4n) is 5.59. The first kappa shape index (κ1) is 48.4. The maximum Gasteiger partial charge on any atom is 0.323 e. The van der Waals surface area contributed by atoms with Crippen molar-refractivity contribution in [3.8, 4) is 0 Å². The lowest BCUT2D eigenvalue weighted by Gasteiger charge is -2.26. The van der Waals surface area contributed by atoms with Crippen molar-refractivity contribution >= 4 is 64.9 Å². The maximum atomic E-state index is 13.7. The zero-order valence-corrected chi connectivity index (χ0v) is 32.7. The number of aliphatic carboxylic acids is 2. The number of hydrogen-bond donors (Lipinski definition) is 12. The average Bonchev–Trinajstić information content (AvgIpc) is 3.16. The molecule has 0 aliphatic rings. The predicted molar refractivity (Wildman–Crippen MR) is 214 cm³/mol.